The molecule has 0 heterocycles. The van der Waals surface area contributed by atoms with E-state index in [1.165, 1.54) is 12.1 Å². The molecule has 0 bridgehead atoms. The molecule has 1 aromatic carbocycles. The minimum absolute atomic E-state index is 0.0453. The van der Waals surface area contributed by atoms with Crippen molar-refractivity contribution in [1.82, 2.24) is 0 Å². The molecule has 13 heavy (non-hydrogen) atoms. The SMILES string of the molecule is CCOCc1cc(O)c(N)cc1N. The average Bonchev–Trinajstić information content (AvgIpc) is 2.09. The van der Waals surface area contributed by atoms with Crippen LogP contribution in [0.15, 0.2) is 12.1 Å². The number of hydrogen-bond donors (Lipinski definition) is 3. The van der Waals surface area contributed by atoms with Gasteiger partial charge in [-0.25, -0.2) is 0 Å². The predicted octanol–water partition coefficient (Wildman–Crippen LogP) is 1.09. The Balaban J connectivity index is 2.88. The molecule has 1 aromatic rings. The van der Waals surface area contributed by atoms with Gasteiger partial charge >= 0.3 is 0 Å². The Morgan fingerprint density at radius 2 is 2.00 bits per heavy atom. The highest BCUT2D eigenvalue weighted by Crippen LogP contribution is 2.26. The number of nitrogen functional groups attached to an aromatic ring is 2. The number of benzene rings is 1. The molecule has 5 N–H and O–H groups in total. The number of rotatable bonds is 3. The lowest BCUT2D eigenvalue weighted by atomic mass is 10.1. The highest BCUT2D eigenvalue weighted by molar-refractivity contribution is 5.63. The van der Waals surface area contributed by atoms with Crippen LogP contribution in [0, 0.1) is 0 Å². The molecule has 0 saturated carbocycles. The van der Waals surface area contributed by atoms with Gasteiger partial charge in [0.15, 0.2) is 0 Å². The van der Waals surface area contributed by atoms with Crippen LogP contribution in [-0.2, 0) is 11.3 Å². The van der Waals surface area contributed by atoms with Crippen molar-refractivity contribution in [3.8, 4) is 5.75 Å². The maximum Gasteiger partial charge on any atom is 0.138 e. The minimum Gasteiger partial charge on any atom is -0.506 e. The molecule has 0 saturated heterocycles. The van der Waals surface area contributed by atoms with Crippen LogP contribution in [0.2, 0.25) is 0 Å². The summed E-state index contributed by atoms with van der Waals surface area (Å²) in [6, 6.07) is 3.06. The molecule has 0 spiro atoms. The lowest BCUT2D eigenvalue weighted by Gasteiger charge is -2.07. The van der Waals surface area contributed by atoms with Gasteiger partial charge in [-0.15, -0.1) is 0 Å². The first kappa shape index (κ1) is 9.67. The number of ether oxygens (including phenoxy) is 1. The third kappa shape index (κ3) is 2.26. The van der Waals surface area contributed by atoms with E-state index in [0.29, 0.717) is 18.9 Å². The van der Waals surface area contributed by atoms with Crippen molar-refractivity contribution in [2.24, 2.45) is 0 Å². The van der Waals surface area contributed by atoms with Gasteiger partial charge < -0.3 is 21.3 Å². The number of anilines is 2. The Morgan fingerprint density at radius 3 is 2.62 bits per heavy atom. The van der Waals surface area contributed by atoms with Crippen molar-refractivity contribution >= 4 is 11.4 Å². The maximum absolute atomic E-state index is 9.29. The molecule has 0 unspecified atom stereocenters. The van der Waals surface area contributed by atoms with Crippen molar-refractivity contribution in [3.63, 3.8) is 0 Å². The number of nitrogens with two attached hydrogens (primary N) is 2. The Bertz CT molecular complexity index is 300. The second kappa shape index (κ2) is 4.00. The monoisotopic (exact) mass is 182 g/mol. The molecule has 0 amide bonds. The van der Waals surface area contributed by atoms with E-state index in [2.05, 4.69) is 0 Å². The summed E-state index contributed by atoms with van der Waals surface area (Å²) in [6.07, 6.45) is 0. The highest BCUT2D eigenvalue weighted by atomic mass is 16.5. The van der Waals surface area contributed by atoms with Crippen molar-refractivity contribution in [1.29, 1.82) is 0 Å². The van der Waals surface area contributed by atoms with Crippen LogP contribution >= 0.6 is 0 Å². The van der Waals surface area contributed by atoms with Crippen molar-refractivity contribution < 1.29 is 9.84 Å². The molecule has 0 fully saturated rings. The summed E-state index contributed by atoms with van der Waals surface area (Å²) in [7, 11) is 0. The molecule has 1 rings (SSSR count). The van der Waals surface area contributed by atoms with E-state index in [0.717, 1.165) is 5.56 Å². The summed E-state index contributed by atoms with van der Waals surface area (Å²) in [6.45, 7) is 2.91. The van der Waals surface area contributed by atoms with Gasteiger partial charge in [-0.3, -0.25) is 0 Å². The minimum atomic E-state index is 0.0453. The summed E-state index contributed by atoms with van der Waals surface area (Å²) >= 11 is 0. The lowest BCUT2D eigenvalue weighted by Crippen LogP contribution is -1.99. The lowest BCUT2D eigenvalue weighted by molar-refractivity contribution is 0.134. The van der Waals surface area contributed by atoms with E-state index in [4.69, 9.17) is 16.2 Å². The van der Waals surface area contributed by atoms with E-state index in [-0.39, 0.29) is 11.4 Å². The van der Waals surface area contributed by atoms with Gasteiger partial charge in [0.1, 0.15) is 5.75 Å². The topological polar surface area (TPSA) is 81.5 Å². The molecule has 0 aliphatic heterocycles. The normalized spacial score (nSPS) is 10.2. The fourth-order valence-electron chi connectivity index (χ4n) is 1.00. The summed E-state index contributed by atoms with van der Waals surface area (Å²) in [5.74, 6) is 0.0453. The summed E-state index contributed by atoms with van der Waals surface area (Å²) < 4.78 is 5.16. The molecular formula is C9H14N2O2. The third-order valence-electron chi connectivity index (χ3n) is 1.75. The van der Waals surface area contributed by atoms with Crippen LogP contribution in [0.4, 0.5) is 11.4 Å². The van der Waals surface area contributed by atoms with Gasteiger partial charge in [0.05, 0.1) is 12.3 Å². The van der Waals surface area contributed by atoms with Crippen LogP contribution in [0.3, 0.4) is 0 Å². The van der Waals surface area contributed by atoms with Crippen LogP contribution in [0.5, 0.6) is 5.75 Å². The van der Waals surface area contributed by atoms with Gasteiger partial charge in [-0.05, 0) is 19.1 Å². The summed E-state index contributed by atoms with van der Waals surface area (Å²) in [4.78, 5) is 0. The Labute approximate surface area is 77.1 Å². The molecular weight excluding hydrogens is 168 g/mol. The smallest absolute Gasteiger partial charge is 0.138 e. The predicted molar refractivity (Wildman–Crippen MR) is 52.3 cm³/mol. The number of aromatic hydroxyl groups is 1. The molecule has 0 aliphatic carbocycles. The van der Waals surface area contributed by atoms with Crippen molar-refractivity contribution in [2.75, 3.05) is 18.1 Å². The maximum atomic E-state index is 9.29. The molecule has 0 radical (unpaired) electrons. The van der Waals surface area contributed by atoms with E-state index in [1.807, 2.05) is 6.92 Å². The van der Waals surface area contributed by atoms with Gasteiger partial charge in [-0.1, -0.05) is 0 Å². The van der Waals surface area contributed by atoms with Crippen molar-refractivity contribution in [2.45, 2.75) is 13.5 Å². The van der Waals surface area contributed by atoms with Gasteiger partial charge in [0, 0.05) is 17.9 Å². The molecule has 0 aromatic heterocycles. The van der Waals surface area contributed by atoms with E-state index in [9.17, 15) is 5.11 Å². The zero-order valence-corrected chi connectivity index (χ0v) is 7.58. The molecule has 0 atom stereocenters. The van der Waals surface area contributed by atoms with Crippen molar-refractivity contribution in [3.05, 3.63) is 17.7 Å². The largest absolute Gasteiger partial charge is 0.506 e. The second-order valence-electron chi connectivity index (χ2n) is 2.75. The summed E-state index contributed by atoms with van der Waals surface area (Å²) in [5, 5.41) is 9.29. The Hall–Kier alpha value is -1.42. The third-order valence-corrected chi connectivity index (χ3v) is 1.75. The highest BCUT2D eigenvalue weighted by Gasteiger charge is 2.04. The standard InChI is InChI=1S/C9H14N2O2/c1-2-13-5-6-3-9(12)8(11)4-7(6)10/h3-4,12H,2,5,10-11H2,1H3. The van der Waals surface area contributed by atoms with Crippen LogP contribution in [0.1, 0.15) is 12.5 Å². The first-order valence-electron chi connectivity index (χ1n) is 4.09. The Morgan fingerprint density at radius 1 is 1.31 bits per heavy atom. The van der Waals surface area contributed by atoms with E-state index < -0.39 is 0 Å². The van der Waals surface area contributed by atoms with E-state index >= 15 is 0 Å². The Kier molecular flexibility index (Phi) is 2.97. The van der Waals surface area contributed by atoms with Gasteiger partial charge in [-0.2, -0.15) is 0 Å². The average molecular weight is 182 g/mol. The number of phenolic OH excluding ortho intramolecular Hbond substituents is 1. The molecule has 0 aliphatic rings. The summed E-state index contributed by atoms with van der Waals surface area (Å²) in [5.41, 5.74) is 12.7. The van der Waals surface area contributed by atoms with Crippen LogP contribution in [-0.4, -0.2) is 11.7 Å². The first-order chi connectivity index (χ1) is 6.15. The zero-order valence-electron chi connectivity index (χ0n) is 7.58. The second-order valence-corrected chi connectivity index (χ2v) is 2.75. The van der Waals surface area contributed by atoms with E-state index in [1.54, 1.807) is 0 Å². The number of hydrogen-bond acceptors (Lipinski definition) is 4. The van der Waals surface area contributed by atoms with Gasteiger partial charge in [0.25, 0.3) is 0 Å². The zero-order chi connectivity index (χ0) is 9.84. The van der Waals surface area contributed by atoms with Crippen LogP contribution in [0.25, 0.3) is 0 Å². The first-order valence-corrected chi connectivity index (χ1v) is 4.09. The quantitative estimate of drug-likeness (QED) is 0.371. The fraction of sp³-hybridized carbons (Fsp3) is 0.333. The van der Waals surface area contributed by atoms with Crippen LogP contribution < -0.4 is 11.5 Å². The molecule has 4 heteroatoms. The number of phenols is 1. The molecule has 4 nitrogen and oxygen atoms in total. The fourth-order valence-corrected chi connectivity index (χ4v) is 1.00. The molecule has 72 valence electrons. The van der Waals surface area contributed by atoms with Gasteiger partial charge in [0.2, 0.25) is 0 Å².